The van der Waals surface area contributed by atoms with E-state index >= 15 is 0 Å². The topological polar surface area (TPSA) is 24.5 Å². The molecular formula is C11H24N2O. The van der Waals surface area contributed by atoms with Crippen molar-refractivity contribution in [3.63, 3.8) is 0 Å². The molecule has 0 aliphatic carbocycles. The minimum atomic E-state index is 0.440. The second-order valence-electron chi connectivity index (χ2n) is 4.31. The molecule has 1 fully saturated rings. The second-order valence-corrected chi connectivity index (χ2v) is 4.31. The van der Waals surface area contributed by atoms with Crippen LogP contribution in [0, 0.1) is 0 Å². The van der Waals surface area contributed by atoms with E-state index in [9.17, 15) is 0 Å². The van der Waals surface area contributed by atoms with Gasteiger partial charge in [-0.15, -0.1) is 0 Å². The van der Waals surface area contributed by atoms with Crippen LogP contribution in [0.1, 0.15) is 26.7 Å². The summed E-state index contributed by atoms with van der Waals surface area (Å²) in [7, 11) is 3.85. The number of likely N-dealkylation sites (tertiary alicyclic amines) is 1. The molecule has 1 N–H and O–H groups in total. The van der Waals surface area contributed by atoms with Crippen molar-refractivity contribution >= 4 is 0 Å². The van der Waals surface area contributed by atoms with Gasteiger partial charge in [0.05, 0.1) is 6.10 Å². The highest BCUT2D eigenvalue weighted by Crippen LogP contribution is 2.16. The second kappa shape index (κ2) is 5.69. The first kappa shape index (κ1) is 12.0. The quantitative estimate of drug-likeness (QED) is 0.735. The number of hydrogen-bond acceptors (Lipinski definition) is 3. The Morgan fingerprint density at radius 1 is 1.43 bits per heavy atom. The first-order valence-electron chi connectivity index (χ1n) is 5.63. The fourth-order valence-electron chi connectivity index (χ4n) is 2.09. The van der Waals surface area contributed by atoms with Crippen molar-refractivity contribution in [1.29, 1.82) is 0 Å². The summed E-state index contributed by atoms with van der Waals surface area (Å²) in [5.41, 5.74) is 0. The van der Waals surface area contributed by atoms with E-state index < -0.39 is 0 Å². The monoisotopic (exact) mass is 200 g/mol. The van der Waals surface area contributed by atoms with Crippen molar-refractivity contribution in [2.24, 2.45) is 0 Å². The molecular weight excluding hydrogens is 176 g/mol. The van der Waals surface area contributed by atoms with Crippen LogP contribution < -0.4 is 5.32 Å². The molecule has 14 heavy (non-hydrogen) atoms. The molecule has 1 rings (SSSR count). The number of rotatable bonds is 4. The Morgan fingerprint density at radius 3 is 2.71 bits per heavy atom. The zero-order valence-corrected chi connectivity index (χ0v) is 9.92. The first-order valence-corrected chi connectivity index (χ1v) is 5.63. The Hall–Kier alpha value is -0.120. The van der Waals surface area contributed by atoms with E-state index in [0.717, 1.165) is 6.54 Å². The third-order valence-electron chi connectivity index (χ3n) is 3.50. The molecule has 0 radical (unpaired) electrons. The van der Waals surface area contributed by atoms with Gasteiger partial charge in [0.15, 0.2) is 0 Å². The molecule has 1 saturated heterocycles. The molecule has 3 heteroatoms. The van der Waals surface area contributed by atoms with Crippen molar-refractivity contribution < 1.29 is 4.74 Å². The van der Waals surface area contributed by atoms with Crippen LogP contribution in [0.5, 0.6) is 0 Å². The van der Waals surface area contributed by atoms with Gasteiger partial charge in [0, 0.05) is 25.7 Å². The number of likely N-dealkylation sites (N-methyl/N-ethyl adjacent to an activating group) is 1. The summed E-state index contributed by atoms with van der Waals surface area (Å²) in [5.74, 6) is 0. The van der Waals surface area contributed by atoms with Crippen LogP contribution in [0.25, 0.3) is 0 Å². The van der Waals surface area contributed by atoms with E-state index in [1.54, 1.807) is 0 Å². The lowest BCUT2D eigenvalue weighted by atomic mass is 10.0. The van der Waals surface area contributed by atoms with E-state index in [1.807, 2.05) is 14.2 Å². The molecule has 0 saturated carbocycles. The number of piperidine rings is 1. The largest absolute Gasteiger partial charge is 0.380 e. The summed E-state index contributed by atoms with van der Waals surface area (Å²) < 4.78 is 5.42. The predicted octanol–water partition coefficient (Wildman–Crippen LogP) is 1.09. The lowest BCUT2D eigenvalue weighted by Crippen LogP contribution is -2.51. The minimum Gasteiger partial charge on any atom is -0.380 e. The van der Waals surface area contributed by atoms with Gasteiger partial charge in [-0.05, 0) is 40.3 Å². The van der Waals surface area contributed by atoms with Gasteiger partial charge >= 0.3 is 0 Å². The molecule has 0 aromatic carbocycles. The van der Waals surface area contributed by atoms with Crippen molar-refractivity contribution in [2.75, 3.05) is 27.2 Å². The van der Waals surface area contributed by atoms with Crippen LogP contribution in [-0.2, 0) is 4.74 Å². The SMILES string of the molecule is CNC(C)C(C)N1CCCC(OC)C1. The molecule has 0 aromatic heterocycles. The van der Waals surface area contributed by atoms with Crippen LogP contribution in [0.4, 0.5) is 0 Å². The molecule has 84 valence electrons. The minimum absolute atomic E-state index is 0.440. The van der Waals surface area contributed by atoms with Gasteiger partial charge in [0.1, 0.15) is 0 Å². The molecule has 0 bridgehead atoms. The molecule has 0 aromatic rings. The highest BCUT2D eigenvalue weighted by Gasteiger charge is 2.25. The smallest absolute Gasteiger partial charge is 0.0698 e. The summed E-state index contributed by atoms with van der Waals surface area (Å²) in [5, 5.41) is 3.31. The van der Waals surface area contributed by atoms with Gasteiger partial charge in [-0.1, -0.05) is 0 Å². The Kier molecular flexibility index (Phi) is 4.85. The van der Waals surface area contributed by atoms with Gasteiger partial charge in [0.25, 0.3) is 0 Å². The molecule has 3 nitrogen and oxygen atoms in total. The number of ether oxygens (including phenoxy) is 1. The normalized spacial score (nSPS) is 28.7. The van der Waals surface area contributed by atoms with Crippen LogP contribution in [0.2, 0.25) is 0 Å². The average molecular weight is 200 g/mol. The van der Waals surface area contributed by atoms with Gasteiger partial charge in [-0.2, -0.15) is 0 Å². The Morgan fingerprint density at radius 2 is 2.14 bits per heavy atom. The highest BCUT2D eigenvalue weighted by molar-refractivity contribution is 4.82. The van der Waals surface area contributed by atoms with Gasteiger partial charge in [-0.25, -0.2) is 0 Å². The summed E-state index contributed by atoms with van der Waals surface area (Å²) >= 11 is 0. The van der Waals surface area contributed by atoms with E-state index in [4.69, 9.17) is 4.74 Å². The maximum Gasteiger partial charge on any atom is 0.0698 e. The summed E-state index contributed by atoms with van der Waals surface area (Å²) in [6.45, 7) is 6.83. The Labute approximate surface area is 87.8 Å². The third kappa shape index (κ3) is 2.94. The van der Waals surface area contributed by atoms with Crippen LogP contribution in [0.3, 0.4) is 0 Å². The Bertz CT molecular complexity index is 161. The fraction of sp³-hybridized carbons (Fsp3) is 1.00. The zero-order valence-electron chi connectivity index (χ0n) is 9.92. The average Bonchev–Trinajstić information content (AvgIpc) is 2.27. The van der Waals surface area contributed by atoms with Crippen LogP contribution >= 0.6 is 0 Å². The highest BCUT2D eigenvalue weighted by atomic mass is 16.5. The molecule has 0 amide bonds. The van der Waals surface area contributed by atoms with Gasteiger partial charge in [0.2, 0.25) is 0 Å². The number of nitrogens with zero attached hydrogens (tertiary/aromatic N) is 1. The molecule has 1 aliphatic heterocycles. The maximum atomic E-state index is 5.42. The summed E-state index contributed by atoms with van der Waals surface area (Å²) in [4.78, 5) is 2.53. The van der Waals surface area contributed by atoms with Crippen molar-refractivity contribution in [3.05, 3.63) is 0 Å². The number of methoxy groups -OCH3 is 1. The van der Waals surface area contributed by atoms with E-state index in [0.29, 0.717) is 18.2 Å². The Balaban J connectivity index is 2.42. The van der Waals surface area contributed by atoms with E-state index in [1.165, 1.54) is 19.4 Å². The van der Waals surface area contributed by atoms with E-state index in [-0.39, 0.29) is 0 Å². The third-order valence-corrected chi connectivity index (χ3v) is 3.50. The van der Waals surface area contributed by atoms with Gasteiger partial charge < -0.3 is 10.1 Å². The van der Waals surface area contributed by atoms with Crippen molar-refractivity contribution in [1.82, 2.24) is 10.2 Å². The van der Waals surface area contributed by atoms with E-state index in [2.05, 4.69) is 24.1 Å². The van der Waals surface area contributed by atoms with Crippen LogP contribution in [-0.4, -0.2) is 50.3 Å². The maximum absolute atomic E-state index is 5.42. The first-order chi connectivity index (χ1) is 6.69. The number of nitrogens with one attached hydrogen (secondary N) is 1. The molecule has 3 unspecified atom stereocenters. The molecule has 3 atom stereocenters. The number of hydrogen-bond donors (Lipinski definition) is 1. The zero-order chi connectivity index (χ0) is 10.6. The molecule has 1 heterocycles. The predicted molar refractivity (Wildman–Crippen MR) is 59.6 cm³/mol. The molecule has 1 aliphatic rings. The molecule has 0 spiro atoms. The lowest BCUT2D eigenvalue weighted by Gasteiger charge is -2.38. The van der Waals surface area contributed by atoms with Crippen LogP contribution in [0.15, 0.2) is 0 Å². The standard InChI is InChI=1S/C11H24N2O/c1-9(12-3)10(2)13-7-5-6-11(8-13)14-4/h9-12H,5-8H2,1-4H3. The summed E-state index contributed by atoms with van der Waals surface area (Å²) in [6.07, 6.45) is 2.92. The van der Waals surface area contributed by atoms with Crippen molar-refractivity contribution in [2.45, 2.75) is 44.9 Å². The lowest BCUT2D eigenvalue weighted by molar-refractivity contribution is 0.0125. The summed E-state index contributed by atoms with van der Waals surface area (Å²) in [6, 6.07) is 1.14. The van der Waals surface area contributed by atoms with Crippen molar-refractivity contribution in [3.8, 4) is 0 Å². The fourth-order valence-corrected chi connectivity index (χ4v) is 2.09. The van der Waals surface area contributed by atoms with Gasteiger partial charge in [-0.3, -0.25) is 4.90 Å².